The molecule has 0 spiro atoms. The SMILES string of the molecule is Fc1cnc(Oc2ccc(F)c(F)c2)c(CNC2CC2)c1. The number of hydrogen-bond donors (Lipinski definition) is 1. The average Bonchev–Trinajstić information content (AvgIpc) is 3.27. The van der Waals surface area contributed by atoms with E-state index in [-0.39, 0.29) is 11.6 Å². The number of hydrogen-bond acceptors (Lipinski definition) is 3. The van der Waals surface area contributed by atoms with Gasteiger partial charge in [0.25, 0.3) is 0 Å². The van der Waals surface area contributed by atoms with Gasteiger partial charge in [0, 0.05) is 24.2 Å². The van der Waals surface area contributed by atoms with Crippen molar-refractivity contribution >= 4 is 0 Å². The second-order valence-electron chi connectivity index (χ2n) is 4.95. The Morgan fingerprint density at radius 3 is 2.67 bits per heavy atom. The van der Waals surface area contributed by atoms with Gasteiger partial charge in [0.05, 0.1) is 6.20 Å². The maximum absolute atomic E-state index is 13.3. The number of nitrogens with zero attached hydrogens (tertiary/aromatic N) is 1. The Labute approximate surface area is 119 Å². The van der Waals surface area contributed by atoms with E-state index >= 15 is 0 Å². The largest absolute Gasteiger partial charge is 0.439 e. The molecule has 0 bridgehead atoms. The van der Waals surface area contributed by atoms with Crippen LogP contribution in [0.15, 0.2) is 30.5 Å². The number of ether oxygens (including phenoxy) is 1. The van der Waals surface area contributed by atoms with Crippen LogP contribution in [-0.4, -0.2) is 11.0 Å². The van der Waals surface area contributed by atoms with Crippen molar-refractivity contribution in [3.05, 3.63) is 53.5 Å². The highest BCUT2D eigenvalue weighted by molar-refractivity contribution is 5.33. The smallest absolute Gasteiger partial charge is 0.223 e. The second-order valence-corrected chi connectivity index (χ2v) is 4.95. The number of aromatic nitrogens is 1. The van der Waals surface area contributed by atoms with Crippen LogP contribution in [0.5, 0.6) is 11.6 Å². The highest BCUT2D eigenvalue weighted by Gasteiger charge is 2.21. The van der Waals surface area contributed by atoms with Crippen LogP contribution in [0, 0.1) is 17.5 Å². The zero-order valence-corrected chi connectivity index (χ0v) is 11.1. The van der Waals surface area contributed by atoms with E-state index in [1.54, 1.807) is 0 Å². The molecule has 1 fully saturated rings. The summed E-state index contributed by atoms with van der Waals surface area (Å²) in [6.07, 6.45) is 3.22. The third kappa shape index (κ3) is 3.52. The van der Waals surface area contributed by atoms with Crippen molar-refractivity contribution < 1.29 is 17.9 Å². The molecule has 1 saturated carbocycles. The van der Waals surface area contributed by atoms with Gasteiger partial charge in [-0.2, -0.15) is 0 Å². The van der Waals surface area contributed by atoms with Crippen molar-refractivity contribution in [3.8, 4) is 11.6 Å². The molecule has 0 radical (unpaired) electrons. The van der Waals surface area contributed by atoms with Crippen LogP contribution in [0.3, 0.4) is 0 Å². The molecule has 1 aromatic carbocycles. The summed E-state index contributed by atoms with van der Waals surface area (Å²) in [4.78, 5) is 3.87. The lowest BCUT2D eigenvalue weighted by atomic mass is 10.2. The third-order valence-electron chi connectivity index (χ3n) is 3.16. The Bertz CT molecular complexity index is 659. The Kier molecular flexibility index (Phi) is 3.79. The number of nitrogens with one attached hydrogen (secondary N) is 1. The Morgan fingerprint density at radius 2 is 1.95 bits per heavy atom. The van der Waals surface area contributed by atoms with Crippen LogP contribution in [0.25, 0.3) is 0 Å². The van der Waals surface area contributed by atoms with Crippen molar-refractivity contribution in [1.82, 2.24) is 10.3 Å². The van der Waals surface area contributed by atoms with Crippen molar-refractivity contribution in [2.45, 2.75) is 25.4 Å². The van der Waals surface area contributed by atoms with Crippen molar-refractivity contribution in [2.75, 3.05) is 0 Å². The Balaban J connectivity index is 1.80. The maximum Gasteiger partial charge on any atom is 0.223 e. The van der Waals surface area contributed by atoms with Crippen LogP contribution in [0.4, 0.5) is 13.2 Å². The highest BCUT2D eigenvalue weighted by atomic mass is 19.2. The van der Waals surface area contributed by atoms with Gasteiger partial charge in [-0.25, -0.2) is 18.2 Å². The van der Waals surface area contributed by atoms with E-state index in [1.807, 2.05) is 0 Å². The Hall–Kier alpha value is -2.08. The van der Waals surface area contributed by atoms with Gasteiger partial charge in [0.2, 0.25) is 5.88 Å². The number of pyridine rings is 1. The van der Waals surface area contributed by atoms with Crippen LogP contribution >= 0.6 is 0 Å². The predicted molar refractivity (Wildman–Crippen MR) is 70.5 cm³/mol. The molecule has 1 N–H and O–H groups in total. The summed E-state index contributed by atoms with van der Waals surface area (Å²) in [6.45, 7) is 0.411. The van der Waals surface area contributed by atoms with Crippen LogP contribution < -0.4 is 10.1 Å². The van der Waals surface area contributed by atoms with Crippen LogP contribution in [-0.2, 0) is 6.54 Å². The molecule has 21 heavy (non-hydrogen) atoms. The van der Waals surface area contributed by atoms with Gasteiger partial charge in [-0.15, -0.1) is 0 Å². The van der Waals surface area contributed by atoms with Crippen LogP contribution in [0.2, 0.25) is 0 Å². The first-order valence-corrected chi connectivity index (χ1v) is 6.62. The summed E-state index contributed by atoms with van der Waals surface area (Å²) in [5, 5.41) is 3.23. The van der Waals surface area contributed by atoms with E-state index in [9.17, 15) is 13.2 Å². The van der Waals surface area contributed by atoms with Gasteiger partial charge in [-0.3, -0.25) is 0 Å². The zero-order chi connectivity index (χ0) is 14.8. The van der Waals surface area contributed by atoms with Gasteiger partial charge in [0.15, 0.2) is 11.6 Å². The molecule has 1 heterocycles. The minimum atomic E-state index is -1.01. The monoisotopic (exact) mass is 294 g/mol. The fourth-order valence-corrected chi connectivity index (χ4v) is 1.88. The zero-order valence-electron chi connectivity index (χ0n) is 11.1. The first-order chi connectivity index (χ1) is 10.1. The van der Waals surface area contributed by atoms with Crippen LogP contribution in [0.1, 0.15) is 18.4 Å². The van der Waals surface area contributed by atoms with Gasteiger partial charge >= 0.3 is 0 Å². The van der Waals surface area contributed by atoms with E-state index in [1.165, 1.54) is 12.1 Å². The molecule has 3 nitrogen and oxygen atoms in total. The molecule has 3 rings (SSSR count). The Morgan fingerprint density at radius 1 is 1.14 bits per heavy atom. The summed E-state index contributed by atoms with van der Waals surface area (Å²) in [7, 11) is 0. The molecule has 110 valence electrons. The second kappa shape index (κ2) is 5.73. The summed E-state index contributed by atoms with van der Waals surface area (Å²) in [6, 6.07) is 4.96. The van der Waals surface area contributed by atoms with E-state index in [2.05, 4.69) is 10.3 Å². The number of halogens is 3. The van der Waals surface area contributed by atoms with E-state index in [4.69, 9.17) is 4.74 Å². The lowest BCUT2D eigenvalue weighted by molar-refractivity contribution is 0.436. The normalized spacial score (nSPS) is 14.2. The van der Waals surface area contributed by atoms with E-state index < -0.39 is 17.5 Å². The first kappa shape index (κ1) is 13.9. The van der Waals surface area contributed by atoms with E-state index in [0.717, 1.165) is 31.2 Å². The summed E-state index contributed by atoms with van der Waals surface area (Å²) < 4.78 is 44.8. The molecular weight excluding hydrogens is 281 g/mol. The minimum absolute atomic E-state index is 0.112. The number of rotatable bonds is 5. The minimum Gasteiger partial charge on any atom is -0.439 e. The molecule has 0 amide bonds. The van der Waals surface area contributed by atoms with Gasteiger partial charge in [-0.05, 0) is 31.0 Å². The third-order valence-corrected chi connectivity index (χ3v) is 3.16. The molecule has 0 unspecified atom stereocenters. The van der Waals surface area contributed by atoms with Gasteiger partial charge in [-0.1, -0.05) is 0 Å². The maximum atomic E-state index is 13.3. The van der Waals surface area contributed by atoms with Gasteiger partial charge < -0.3 is 10.1 Å². The molecular formula is C15H13F3N2O. The summed E-state index contributed by atoms with van der Waals surface area (Å²) >= 11 is 0. The topological polar surface area (TPSA) is 34.1 Å². The summed E-state index contributed by atoms with van der Waals surface area (Å²) in [5.74, 6) is -2.14. The lowest BCUT2D eigenvalue weighted by Gasteiger charge is -2.11. The average molecular weight is 294 g/mol. The number of benzene rings is 1. The quantitative estimate of drug-likeness (QED) is 0.916. The molecule has 1 aliphatic carbocycles. The summed E-state index contributed by atoms with van der Waals surface area (Å²) in [5.41, 5.74) is 0.534. The molecule has 6 heteroatoms. The van der Waals surface area contributed by atoms with Crippen molar-refractivity contribution in [1.29, 1.82) is 0 Å². The standard InChI is InChI=1S/C15H13F3N2O/c16-10-5-9(7-19-11-1-2-11)15(20-8-10)21-12-3-4-13(17)14(18)6-12/h3-6,8,11,19H,1-2,7H2. The van der Waals surface area contributed by atoms with Gasteiger partial charge in [0.1, 0.15) is 11.6 Å². The first-order valence-electron chi connectivity index (χ1n) is 6.62. The van der Waals surface area contributed by atoms with Crippen molar-refractivity contribution in [3.63, 3.8) is 0 Å². The van der Waals surface area contributed by atoms with Crippen molar-refractivity contribution in [2.24, 2.45) is 0 Å². The fourth-order valence-electron chi connectivity index (χ4n) is 1.88. The fraction of sp³-hybridized carbons (Fsp3) is 0.267. The predicted octanol–water partition coefficient (Wildman–Crippen LogP) is 3.54. The molecule has 0 aliphatic heterocycles. The molecule has 2 aromatic rings. The molecule has 0 atom stereocenters. The lowest BCUT2D eigenvalue weighted by Crippen LogP contribution is -2.16. The molecule has 0 saturated heterocycles. The molecule has 1 aromatic heterocycles. The van der Waals surface area contributed by atoms with E-state index in [0.29, 0.717) is 18.2 Å². The molecule has 1 aliphatic rings. The highest BCUT2D eigenvalue weighted by Crippen LogP contribution is 2.26.